The van der Waals surface area contributed by atoms with Gasteiger partial charge in [0.2, 0.25) is 0 Å². The molecule has 20 heavy (non-hydrogen) atoms. The number of pyridine rings is 1. The van der Waals surface area contributed by atoms with Crippen molar-refractivity contribution < 1.29 is 4.42 Å². The van der Waals surface area contributed by atoms with Crippen LogP contribution >= 0.6 is 0 Å². The SMILES string of the molecule is O=c1oc2ccccc2c2c(=O)[nH]c3ccccc3c12. The Morgan fingerprint density at radius 3 is 2.35 bits per heavy atom. The molecule has 0 aliphatic rings. The summed E-state index contributed by atoms with van der Waals surface area (Å²) in [5.74, 6) is 0. The highest BCUT2D eigenvalue weighted by atomic mass is 16.4. The maximum absolute atomic E-state index is 12.3. The minimum atomic E-state index is -0.485. The first-order chi connectivity index (χ1) is 9.75. The van der Waals surface area contributed by atoms with E-state index in [1.807, 2.05) is 18.2 Å². The second-order valence-corrected chi connectivity index (χ2v) is 4.64. The van der Waals surface area contributed by atoms with E-state index in [0.717, 1.165) is 0 Å². The normalized spacial score (nSPS) is 11.4. The van der Waals surface area contributed by atoms with Gasteiger partial charge < -0.3 is 9.40 Å². The number of hydrogen-bond acceptors (Lipinski definition) is 3. The van der Waals surface area contributed by atoms with Crippen molar-refractivity contribution >= 4 is 32.6 Å². The summed E-state index contributed by atoms with van der Waals surface area (Å²) < 4.78 is 5.33. The molecule has 0 unspecified atom stereocenters. The molecule has 0 radical (unpaired) electrons. The van der Waals surface area contributed by atoms with Crippen LogP contribution < -0.4 is 11.2 Å². The molecule has 0 bridgehead atoms. The molecule has 1 N–H and O–H groups in total. The zero-order valence-electron chi connectivity index (χ0n) is 10.3. The Morgan fingerprint density at radius 2 is 1.50 bits per heavy atom. The van der Waals surface area contributed by atoms with Gasteiger partial charge in [-0.1, -0.05) is 36.4 Å². The lowest BCUT2D eigenvalue weighted by Gasteiger charge is -2.04. The Kier molecular flexibility index (Phi) is 2.09. The van der Waals surface area contributed by atoms with Gasteiger partial charge in [0.05, 0.1) is 10.8 Å². The van der Waals surface area contributed by atoms with Gasteiger partial charge in [-0.15, -0.1) is 0 Å². The first-order valence-corrected chi connectivity index (χ1v) is 6.22. The van der Waals surface area contributed by atoms with E-state index in [0.29, 0.717) is 32.6 Å². The molecular weight excluding hydrogens is 254 g/mol. The second kappa shape index (κ2) is 3.81. The minimum absolute atomic E-state index is 0.275. The van der Waals surface area contributed by atoms with Crippen LogP contribution in [0.25, 0.3) is 32.6 Å². The van der Waals surface area contributed by atoms with Gasteiger partial charge in [-0.25, -0.2) is 4.79 Å². The van der Waals surface area contributed by atoms with Crippen LogP contribution in [0.5, 0.6) is 0 Å². The molecule has 0 spiro atoms. The quantitative estimate of drug-likeness (QED) is 0.392. The summed E-state index contributed by atoms with van der Waals surface area (Å²) in [6.07, 6.45) is 0. The monoisotopic (exact) mass is 263 g/mol. The highest BCUT2D eigenvalue weighted by molar-refractivity contribution is 6.13. The summed E-state index contributed by atoms with van der Waals surface area (Å²) >= 11 is 0. The molecule has 4 aromatic rings. The first-order valence-electron chi connectivity index (χ1n) is 6.22. The zero-order chi connectivity index (χ0) is 13.7. The summed E-state index contributed by atoms with van der Waals surface area (Å²) in [7, 11) is 0. The molecule has 2 heterocycles. The van der Waals surface area contributed by atoms with Crippen molar-refractivity contribution in [3.8, 4) is 0 Å². The number of hydrogen-bond donors (Lipinski definition) is 1. The molecule has 0 aliphatic heterocycles. The predicted octanol–water partition coefficient (Wildman–Crippen LogP) is 2.79. The summed E-state index contributed by atoms with van der Waals surface area (Å²) in [5, 5.41) is 2.06. The standard InChI is InChI=1S/C16H9NO3/c18-15-13-10-6-2-4-8-12(10)20-16(19)14(13)9-5-1-3-7-11(9)17-15/h1-8H,(H,17,18). The number of rotatable bonds is 0. The van der Waals surface area contributed by atoms with E-state index >= 15 is 0 Å². The minimum Gasteiger partial charge on any atom is -0.422 e. The molecule has 0 saturated heterocycles. The molecule has 96 valence electrons. The molecule has 2 aromatic heterocycles. The van der Waals surface area contributed by atoms with Crippen molar-refractivity contribution in [1.29, 1.82) is 0 Å². The lowest BCUT2D eigenvalue weighted by molar-refractivity contribution is 0.570. The van der Waals surface area contributed by atoms with Crippen molar-refractivity contribution in [3.05, 3.63) is 69.3 Å². The van der Waals surface area contributed by atoms with Gasteiger partial charge in [0.1, 0.15) is 5.58 Å². The molecule has 4 nitrogen and oxygen atoms in total. The number of aromatic nitrogens is 1. The van der Waals surface area contributed by atoms with Gasteiger partial charge >= 0.3 is 5.63 Å². The van der Waals surface area contributed by atoms with E-state index in [9.17, 15) is 9.59 Å². The van der Waals surface area contributed by atoms with E-state index in [2.05, 4.69) is 4.98 Å². The molecule has 0 amide bonds. The van der Waals surface area contributed by atoms with Gasteiger partial charge in [-0.3, -0.25) is 4.79 Å². The average Bonchev–Trinajstić information content (AvgIpc) is 2.47. The van der Waals surface area contributed by atoms with Gasteiger partial charge in [0.25, 0.3) is 5.56 Å². The Bertz CT molecular complexity index is 1000. The van der Waals surface area contributed by atoms with Crippen LogP contribution in [0, 0.1) is 0 Å². The van der Waals surface area contributed by atoms with E-state index in [4.69, 9.17) is 4.42 Å². The Morgan fingerprint density at radius 1 is 0.800 bits per heavy atom. The van der Waals surface area contributed by atoms with Crippen molar-refractivity contribution in [2.24, 2.45) is 0 Å². The molecule has 0 fully saturated rings. The van der Waals surface area contributed by atoms with Crippen molar-refractivity contribution in [1.82, 2.24) is 4.98 Å². The van der Waals surface area contributed by atoms with Crippen molar-refractivity contribution in [3.63, 3.8) is 0 Å². The van der Waals surface area contributed by atoms with Gasteiger partial charge in [-0.2, -0.15) is 0 Å². The van der Waals surface area contributed by atoms with Crippen LogP contribution in [0.3, 0.4) is 0 Å². The van der Waals surface area contributed by atoms with Crippen molar-refractivity contribution in [2.75, 3.05) is 0 Å². The highest BCUT2D eigenvalue weighted by Crippen LogP contribution is 2.24. The van der Waals surface area contributed by atoms with Gasteiger partial charge in [0, 0.05) is 16.3 Å². The third-order valence-corrected chi connectivity index (χ3v) is 3.48. The van der Waals surface area contributed by atoms with E-state index < -0.39 is 5.63 Å². The third-order valence-electron chi connectivity index (χ3n) is 3.48. The van der Waals surface area contributed by atoms with Crippen LogP contribution in [-0.2, 0) is 0 Å². The number of benzene rings is 2. The maximum atomic E-state index is 12.3. The van der Waals surface area contributed by atoms with Gasteiger partial charge in [0.15, 0.2) is 0 Å². The molecule has 0 atom stereocenters. The van der Waals surface area contributed by atoms with Crippen LogP contribution in [0.2, 0.25) is 0 Å². The Labute approximate surface area is 112 Å². The fourth-order valence-electron chi connectivity index (χ4n) is 2.63. The van der Waals surface area contributed by atoms with Gasteiger partial charge in [-0.05, 0) is 12.1 Å². The number of aromatic amines is 1. The molecule has 4 heteroatoms. The van der Waals surface area contributed by atoms with Crippen LogP contribution in [0.4, 0.5) is 0 Å². The smallest absolute Gasteiger partial charge is 0.345 e. The summed E-state index contributed by atoms with van der Waals surface area (Å²) in [5.41, 5.74) is 0.294. The van der Waals surface area contributed by atoms with E-state index in [1.54, 1.807) is 30.3 Å². The zero-order valence-corrected chi connectivity index (χ0v) is 10.3. The average molecular weight is 263 g/mol. The van der Waals surface area contributed by atoms with Crippen LogP contribution in [0.1, 0.15) is 0 Å². The third kappa shape index (κ3) is 1.36. The Hall–Kier alpha value is -2.88. The summed E-state index contributed by atoms with van der Waals surface area (Å²) in [4.78, 5) is 27.4. The molecule has 4 rings (SSSR count). The molecule has 0 aliphatic carbocycles. The largest absolute Gasteiger partial charge is 0.422 e. The summed E-state index contributed by atoms with van der Waals surface area (Å²) in [6, 6.07) is 14.3. The second-order valence-electron chi connectivity index (χ2n) is 4.64. The van der Waals surface area contributed by atoms with E-state index in [-0.39, 0.29) is 5.56 Å². The highest BCUT2D eigenvalue weighted by Gasteiger charge is 2.13. The number of fused-ring (bicyclic) bond motifs is 5. The summed E-state index contributed by atoms with van der Waals surface area (Å²) in [6.45, 7) is 0. The lowest BCUT2D eigenvalue weighted by atomic mass is 10.1. The first kappa shape index (κ1) is 11.0. The number of H-pyrrole nitrogens is 1. The van der Waals surface area contributed by atoms with Crippen molar-refractivity contribution in [2.45, 2.75) is 0 Å². The van der Waals surface area contributed by atoms with E-state index in [1.165, 1.54) is 0 Å². The molecule has 2 aromatic carbocycles. The predicted molar refractivity (Wildman–Crippen MR) is 78.1 cm³/mol. The fourth-order valence-corrected chi connectivity index (χ4v) is 2.63. The number of nitrogens with one attached hydrogen (secondary N) is 1. The maximum Gasteiger partial charge on any atom is 0.345 e. The lowest BCUT2D eigenvalue weighted by Crippen LogP contribution is -2.12. The Balaban J connectivity index is 2.48. The number of para-hydroxylation sites is 2. The molecular formula is C16H9NO3. The topological polar surface area (TPSA) is 63.1 Å². The molecule has 0 saturated carbocycles. The van der Waals surface area contributed by atoms with Crippen LogP contribution in [0.15, 0.2) is 62.5 Å². The fraction of sp³-hybridized carbons (Fsp3) is 0. The van der Waals surface area contributed by atoms with Crippen LogP contribution in [-0.4, -0.2) is 4.98 Å².